The summed E-state index contributed by atoms with van der Waals surface area (Å²) in [5.41, 5.74) is 6.09. The van der Waals surface area contributed by atoms with E-state index in [2.05, 4.69) is 39.1 Å². The Balaban J connectivity index is 1.56. The van der Waals surface area contributed by atoms with Crippen LogP contribution in [0.2, 0.25) is 0 Å². The fraction of sp³-hybridized carbons (Fsp3) is 0.261. The van der Waals surface area contributed by atoms with E-state index in [0.717, 1.165) is 22.6 Å². The van der Waals surface area contributed by atoms with Crippen molar-refractivity contribution in [1.29, 1.82) is 0 Å². The van der Waals surface area contributed by atoms with Crippen molar-refractivity contribution >= 4 is 10.9 Å². The van der Waals surface area contributed by atoms with E-state index >= 15 is 0 Å². The zero-order chi connectivity index (χ0) is 20.2. The molecule has 150 valence electrons. The number of aromatic nitrogens is 3. The summed E-state index contributed by atoms with van der Waals surface area (Å²) in [4.78, 5) is 0. The fourth-order valence-electron chi connectivity index (χ4n) is 3.77. The van der Waals surface area contributed by atoms with Crippen LogP contribution in [0, 0.1) is 12.7 Å². The predicted molar refractivity (Wildman–Crippen MR) is 112 cm³/mol. The van der Waals surface area contributed by atoms with Crippen LogP contribution in [0.4, 0.5) is 4.39 Å². The van der Waals surface area contributed by atoms with Gasteiger partial charge in [0.2, 0.25) is 0 Å². The lowest BCUT2D eigenvalue weighted by molar-refractivity contribution is 0.181. The van der Waals surface area contributed by atoms with Crippen LogP contribution in [0.25, 0.3) is 10.9 Å². The lowest BCUT2D eigenvalue weighted by Crippen LogP contribution is -2.14. The van der Waals surface area contributed by atoms with Gasteiger partial charge in [-0.05, 0) is 30.7 Å². The van der Waals surface area contributed by atoms with Gasteiger partial charge in [0.1, 0.15) is 5.82 Å². The van der Waals surface area contributed by atoms with Crippen LogP contribution in [0.3, 0.4) is 0 Å². The normalized spacial score (nSPS) is 11.4. The second kappa shape index (κ2) is 8.59. The summed E-state index contributed by atoms with van der Waals surface area (Å²) in [6.45, 7) is 4.51. The number of nitrogens with one attached hydrogen (secondary N) is 2. The van der Waals surface area contributed by atoms with E-state index in [1.165, 1.54) is 17.0 Å². The molecule has 4 aromatic rings. The summed E-state index contributed by atoms with van der Waals surface area (Å²) in [7, 11) is 1.67. The van der Waals surface area contributed by atoms with Crippen molar-refractivity contribution in [2.45, 2.75) is 33.2 Å². The van der Waals surface area contributed by atoms with Crippen molar-refractivity contribution in [3.05, 3.63) is 88.6 Å². The summed E-state index contributed by atoms with van der Waals surface area (Å²) in [6, 6.07) is 17.3. The number of hydrogen-bond donors (Lipinski definition) is 2. The number of fused-ring (bicyclic) bond motifs is 1. The predicted octanol–water partition coefficient (Wildman–Crippen LogP) is 4.30. The minimum atomic E-state index is -0.172. The number of H-pyrrole nitrogens is 1. The average molecular weight is 392 g/mol. The van der Waals surface area contributed by atoms with Gasteiger partial charge in [0.25, 0.3) is 0 Å². The molecule has 0 saturated heterocycles. The van der Waals surface area contributed by atoms with E-state index < -0.39 is 0 Å². The van der Waals surface area contributed by atoms with Crippen molar-refractivity contribution < 1.29 is 9.13 Å². The highest BCUT2D eigenvalue weighted by molar-refractivity contribution is 5.85. The number of nitrogens with zero attached hydrogens (tertiary/aromatic N) is 2. The van der Waals surface area contributed by atoms with Gasteiger partial charge in [0.05, 0.1) is 24.5 Å². The van der Waals surface area contributed by atoms with Crippen molar-refractivity contribution in [3.8, 4) is 0 Å². The molecule has 0 aliphatic carbocycles. The molecule has 6 heteroatoms. The first-order chi connectivity index (χ1) is 14.2. The third kappa shape index (κ3) is 4.09. The van der Waals surface area contributed by atoms with E-state index in [1.54, 1.807) is 13.2 Å². The minimum absolute atomic E-state index is 0.172. The number of hydrogen-bond acceptors (Lipinski definition) is 3. The van der Waals surface area contributed by atoms with Crippen molar-refractivity contribution in [1.82, 2.24) is 20.1 Å². The van der Waals surface area contributed by atoms with E-state index in [4.69, 9.17) is 4.74 Å². The lowest BCUT2D eigenvalue weighted by Gasteiger charge is -2.10. The number of aromatic amines is 1. The Kier molecular flexibility index (Phi) is 5.74. The van der Waals surface area contributed by atoms with Gasteiger partial charge < -0.3 is 14.6 Å². The molecule has 0 atom stereocenters. The molecule has 2 aromatic heterocycles. The molecule has 2 N–H and O–H groups in total. The molecular weight excluding hydrogens is 367 g/mol. The quantitative estimate of drug-likeness (QED) is 0.470. The third-order valence-corrected chi connectivity index (χ3v) is 5.24. The van der Waals surface area contributed by atoms with Crippen molar-refractivity contribution in [3.63, 3.8) is 0 Å². The van der Waals surface area contributed by atoms with Crippen LogP contribution >= 0.6 is 0 Å². The molecule has 0 aliphatic heterocycles. The first kappa shape index (κ1) is 19.4. The molecule has 2 heterocycles. The van der Waals surface area contributed by atoms with Gasteiger partial charge in [0, 0.05) is 42.4 Å². The van der Waals surface area contributed by atoms with Gasteiger partial charge >= 0.3 is 0 Å². The molecule has 5 nitrogen and oxygen atoms in total. The lowest BCUT2D eigenvalue weighted by atomic mass is 10.1. The molecule has 4 rings (SSSR count). The Morgan fingerprint density at radius 1 is 1.10 bits per heavy atom. The Morgan fingerprint density at radius 3 is 2.72 bits per heavy atom. The largest absolute Gasteiger partial charge is 0.378 e. The number of methoxy groups -OCH3 is 1. The topological polar surface area (TPSA) is 54.9 Å². The summed E-state index contributed by atoms with van der Waals surface area (Å²) >= 11 is 0. The highest BCUT2D eigenvalue weighted by Crippen LogP contribution is 2.27. The summed E-state index contributed by atoms with van der Waals surface area (Å²) in [6.07, 6.45) is 0. The van der Waals surface area contributed by atoms with Gasteiger partial charge in [-0.3, -0.25) is 5.10 Å². The molecule has 0 saturated carbocycles. The molecule has 0 unspecified atom stereocenters. The first-order valence-corrected chi connectivity index (χ1v) is 9.70. The van der Waals surface area contributed by atoms with Crippen molar-refractivity contribution in [2.75, 3.05) is 7.11 Å². The van der Waals surface area contributed by atoms with E-state index in [0.29, 0.717) is 31.8 Å². The summed E-state index contributed by atoms with van der Waals surface area (Å²) in [5.74, 6) is -0.172. The third-order valence-electron chi connectivity index (χ3n) is 5.24. The second-order valence-corrected chi connectivity index (χ2v) is 7.18. The van der Waals surface area contributed by atoms with Crippen LogP contribution in [0.15, 0.2) is 54.6 Å². The van der Waals surface area contributed by atoms with Gasteiger partial charge in [-0.25, -0.2) is 4.39 Å². The number of ether oxygens (including phenoxy) is 1. The summed E-state index contributed by atoms with van der Waals surface area (Å²) < 4.78 is 21.5. The van der Waals surface area contributed by atoms with Gasteiger partial charge in [-0.1, -0.05) is 36.4 Å². The van der Waals surface area contributed by atoms with Crippen LogP contribution in [-0.2, 0) is 31.0 Å². The SMILES string of the molecule is COCc1cc(CNCc2c(C)n(Cc3ccccc3F)c3ccccc23)n[nH]1. The number of benzene rings is 2. The molecule has 29 heavy (non-hydrogen) atoms. The smallest absolute Gasteiger partial charge is 0.128 e. The van der Waals surface area contributed by atoms with Crippen LogP contribution in [0.1, 0.15) is 28.2 Å². The molecule has 0 spiro atoms. The van der Waals surface area contributed by atoms with Gasteiger partial charge in [0.15, 0.2) is 0 Å². The fourth-order valence-corrected chi connectivity index (χ4v) is 3.77. The molecule has 0 radical (unpaired) electrons. The Hall–Kier alpha value is -2.96. The molecular formula is C23H25FN4O. The molecule has 0 bridgehead atoms. The van der Waals surface area contributed by atoms with Crippen LogP contribution in [0.5, 0.6) is 0 Å². The van der Waals surface area contributed by atoms with E-state index in [9.17, 15) is 4.39 Å². The zero-order valence-corrected chi connectivity index (χ0v) is 16.7. The zero-order valence-electron chi connectivity index (χ0n) is 16.7. The first-order valence-electron chi connectivity index (χ1n) is 9.70. The summed E-state index contributed by atoms with van der Waals surface area (Å²) in [5, 5.41) is 12.0. The maximum absolute atomic E-state index is 14.2. The number of para-hydroxylation sites is 1. The number of halogens is 1. The maximum Gasteiger partial charge on any atom is 0.128 e. The van der Waals surface area contributed by atoms with Crippen molar-refractivity contribution in [2.24, 2.45) is 0 Å². The van der Waals surface area contributed by atoms with E-state index in [1.807, 2.05) is 30.3 Å². The Labute approximate surface area is 169 Å². The standard InChI is InChI=1S/C23H25FN4O/c1-16-21(13-25-12-18-11-19(15-29-2)27-26-18)20-8-4-6-10-23(20)28(16)14-17-7-3-5-9-22(17)24/h3-11,25H,12-15H2,1-2H3,(H,26,27). The molecule has 2 aromatic carbocycles. The maximum atomic E-state index is 14.2. The molecule has 0 aliphatic rings. The monoisotopic (exact) mass is 392 g/mol. The highest BCUT2D eigenvalue weighted by Gasteiger charge is 2.15. The van der Waals surface area contributed by atoms with Crippen LogP contribution < -0.4 is 5.32 Å². The van der Waals surface area contributed by atoms with Gasteiger partial charge in [-0.2, -0.15) is 5.10 Å². The Bertz CT molecular complexity index is 1120. The average Bonchev–Trinajstić information content (AvgIpc) is 3.28. The number of rotatable bonds is 8. The Morgan fingerprint density at radius 2 is 1.90 bits per heavy atom. The molecule has 0 fully saturated rings. The second-order valence-electron chi connectivity index (χ2n) is 7.18. The van der Waals surface area contributed by atoms with Crippen LogP contribution in [-0.4, -0.2) is 21.9 Å². The minimum Gasteiger partial charge on any atom is -0.378 e. The molecule has 0 amide bonds. The highest BCUT2D eigenvalue weighted by atomic mass is 19.1. The van der Waals surface area contributed by atoms with E-state index in [-0.39, 0.29) is 5.82 Å². The van der Waals surface area contributed by atoms with Gasteiger partial charge in [-0.15, -0.1) is 0 Å².